The number of ether oxygens (including phenoxy) is 1. The molecule has 0 spiro atoms. The molecule has 9 heteroatoms. The van der Waals surface area contributed by atoms with Gasteiger partial charge in [-0.05, 0) is 60.8 Å². The number of likely N-dealkylation sites (tertiary alicyclic amines) is 1. The third-order valence-electron chi connectivity index (χ3n) is 5.70. The number of carbonyl (C=O) groups excluding carboxylic acids is 1. The molecule has 2 N–H and O–H groups in total. The molecule has 0 aliphatic carbocycles. The Morgan fingerprint density at radius 1 is 1.29 bits per heavy atom. The van der Waals surface area contributed by atoms with Crippen LogP contribution in [0.1, 0.15) is 43.1 Å². The molecular formula is C19H25ClN6O2. The second kappa shape index (κ2) is 8.55. The monoisotopic (exact) mass is 404 g/mol. The summed E-state index contributed by atoms with van der Waals surface area (Å²) < 4.78 is 7.61. The highest BCUT2D eigenvalue weighted by Gasteiger charge is 2.34. The molecular weight excluding hydrogens is 380 g/mol. The molecule has 1 aromatic carbocycles. The second-order valence-electron chi connectivity index (χ2n) is 7.49. The zero-order valence-electron chi connectivity index (χ0n) is 15.7. The summed E-state index contributed by atoms with van der Waals surface area (Å²) in [5.41, 5.74) is 6.47. The number of nitrogens with two attached hydrogens (primary N) is 1. The number of halogens is 1. The first-order valence-electron chi connectivity index (χ1n) is 9.79. The van der Waals surface area contributed by atoms with Gasteiger partial charge in [-0.3, -0.25) is 9.69 Å². The van der Waals surface area contributed by atoms with Crippen LogP contribution in [0.5, 0.6) is 0 Å². The summed E-state index contributed by atoms with van der Waals surface area (Å²) in [6.45, 7) is 2.88. The van der Waals surface area contributed by atoms with Crippen molar-refractivity contribution in [2.75, 3.05) is 19.7 Å². The Kier molecular flexibility index (Phi) is 5.89. The maximum Gasteiger partial charge on any atom is 0.220 e. The average Bonchev–Trinajstić information content (AvgIpc) is 3.37. The van der Waals surface area contributed by atoms with Crippen molar-refractivity contribution in [1.82, 2.24) is 25.1 Å². The number of nitrogens with zero attached hydrogens (tertiary/aromatic N) is 5. The van der Waals surface area contributed by atoms with E-state index in [1.807, 2.05) is 28.9 Å². The Hall–Kier alpha value is -2.03. The predicted octanol–water partition coefficient (Wildman–Crippen LogP) is 1.79. The van der Waals surface area contributed by atoms with Crippen molar-refractivity contribution in [1.29, 1.82) is 0 Å². The van der Waals surface area contributed by atoms with Crippen LogP contribution in [0.2, 0.25) is 5.02 Å². The van der Waals surface area contributed by atoms with Gasteiger partial charge >= 0.3 is 0 Å². The van der Waals surface area contributed by atoms with E-state index in [4.69, 9.17) is 22.1 Å². The number of tetrazole rings is 1. The molecule has 3 heterocycles. The number of hydrogen-bond acceptors (Lipinski definition) is 6. The van der Waals surface area contributed by atoms with Gasteiger partial charge in [-0.2, -0.15) is 0 Å². The van der Waals surface area contributed by atoms with Crippen LogP contribution in [-0.4, -0.2) is 56.8 Å². The molecule has 0 radical (unpaired) electrons. The molecule has 2 aromatic rings. The van der Waals surface area contributed by atoms with Crippen molar-refractivity contribution in [3.63, 3.8) is 0 Å². The molecule has 2 aliphatic heterocycles. The average molecular weight is 405 g/mol. The standard InChI is InChI=1S/C19H25ClN6O2/c20-16-6-2-1-5-15(16)17(25-9-7-13(8-10-25)18(21)27)19-22-23-24-26(19)12-14-4-3-11-28-14/h1-2,5-6,13-14,17H,3-4,7-12H2,(H2,21,27)/t14-,17+/m1/s1. The number of hydrogen-bond donors (Lipinski definition) is 1. The topological polar surface area (TPSA) is 99.2 Å². The van der Waals surface area contributed by atoms with Gasteiger partial charge in [-0.1, -0.05) is 29.8 Å². The van der Waals surface area contributed by atoms with Gasteiger partial charge in [0.05, 0.1) is 18.7 Å². The number of rotatable bonds is 6. The summed E-state index contributed by atoms with van der Waals surface area (Å²) in [6.07, 6.45) is 3.67. The van der Waals surface area contributed by atoms with Gasteiger partial charge in [0, 0.05) is 17.5 Å². The normalized spacial score (nSPS) is 22.4. The summed E-state index contributed by atoms with van der Waals surface area (Å²) in [5, 5.41) is 13.2. The zero-order valence-corrected chi connectivity index (χ0v) is 16.5. The molecule has 1 amide bonds. The fourth-order valence-electron chi connectivity index (χ4n) is 4.16. The molecule has 2 atom stereocenters. The maximum absolute atomic E-state index is 11.6. The molecule has 150 valence electrons. The predicted molar refractivity (Wildman–Crippen MR) is 104 cm³/mol. The van der Waals surface area contributed by atoms with Crippen molar-refractivity contribution in [3.8, 4) is 0 Å². The highest BCUT2D eigenvalue weighted by atomic mass is 35.5. The smallest absolute Gasteiger partial charge is 0.220 e. The van der Waals surface area contributed by atoms with E-state index in [9.17, 15) is 4.79 Å². The Morgan fingerprint density at radius 3 is 2.75 bits per heavy atom. The van der Waals surface area contributed by atoms with E-state index >= 15 is 0 Å². The van der Waals surface area contributed by atoms with Gasteiger partial charge in [0.15, 0.2) is 5.82 Å². The minimum Gasteiger partial charge on any atom is -0.376 e. The zero-order chi connectivity index (χ0) is 19.5. The van der Waals surface area contributed by atoms with E-state index in [0.717, 1.165) is 56.8 Å². The number of primary amides is 1. The molecule has 2 saturated heterocycles. The van der Waals surface area contributed by atoms with Crippen molar-refractivity contribution >= 4 is 17.5 Å². The van der Waals surface area contributed by atoms with Crippen LogP contribution in [0.4, 0.5) is 0 Å². The van der Waals surface area contributed by atoms with Crippen LogP contribution >= 0.6 is 11.6 Å². The Bertz CT molecular complexity index is 814. The van der Waals surface area contributed by atoms with Crippen LogP contribution in [-0.2, 0) is 16.1 Å². The third kappa shape index (κ3) is 4.04. The lowest BCUT2D eigenvalue weighted by Gasteiger charge is -2.36. The Morgan fingerprint density at radius 2 is 2.07 bits per heavy atom. The van der Waals surface area contributed by atoms with Crippen LogP contribution in [0.25, 0.3) is 0 Å². The molecule has 0 unspecified atom stereocenters. The lowest BCUT2D eigenvalue weighted by molar-refractivity contribution is -0.123. The van der Waals surface area contributed by atoms with E-state index in [1.165, 1.54) is 0 Å². The van der Waals surface area contributed by atoms with E-state index in [2.05, 4.69) is 20.4 Å². The first-order valence-corrected chi connectivity index (χ1v) is 10.2. The van der Waals surface area contributed by atoms with Gasteiger partial charge in [-0.15, -0.1) is 5.10 Å². The summed E-state index contributed by atoms with van der Waals surface area (Å²) >= 11 is 6.55. The van der Waals surface area contributed by atoms with Gasteiger partial charge in [0.25, 0.3) is 0 Å². The van der Waals surface area contributed by atoms with Crippen LogP contribution in [0.3, 0.4) is 0 Å². The summed E-state index contributed by atoms with van der Waals surface area (Å²) in [7, 11) is 0. The third-order valence-corrected chi connectivity index (χ3v) is 6.05. The van der Waals surface area contributed by atoms with E-state index in [-0.39, 0.29) is 24.0 Å². The number of piperidine rings is 1. The van der Waals surface area contributed by atoms with Crippen molar-refractivity contribution in [3.05, 3.63) is 40.7 Å². The lowest BCUT2D eigenvalue weighted by atomic mass is 9.93. The maximum atomic E-state index is 11.6. The molecule has 8 nitrogen and oxygen atoms in total. The van der Waals surface area contributed by atoms with Crippen molar-refractivity contribution < 1.29 is 9.53 Å². The van der Waals surface area contributed by atoms with Gasteiger partial charge < -0.3 is 10.5 Å². The highest BCUT2D eigenvalue weighted by molar-refractivity contribution is 6.31. The number of amides is 1. The Balaban J connectivity index is 1.64. The summed E-state index contributed by atoms with van der Waals surface area (Å²) in [4.78, 5) is 13.9. The second-order valence-corrected chi connectivity index (χ2v) is 7.90. The van der Waals surface area contributed by atoms with Crippen molar-refractivity contribution in [2.45, 2.75) is 44.4 Å². The van der Waals surface area contributed by atoms with Gasteiger partial charge in [0.1, 0.15) is 0 Å². The van der Waals surface area contributed by atoms with Crippen molar-refractivity contribution in [2.24, 2.45) is 11.7 Å². The molecule has 28 heavy (non-hydrogen) atoms. The number of aromatic nitrogens is 4. The fourth-order valence-corrected chi connectivity index (χ4v) is 4.40. The molecule has 2 fully saturated rings. The fraction of sp³-hybridized carbons (Fsp3) is 0.579. The number of benzene rings is 1. The Labute approximate surface area is 169 Å². The first-order chi connectivity index (χ1) is 13.6. The molecule has 0 saturated carbocycles. The lowest BCUT2D eigenvalue weighted by Crippen LogP contribution is -2.41. The molecule has 0 bridgehead atoms. The van der Waals surface area contributed by atoms with E-state index in [0.29, 0.717) is 11.6 Å². The van der Waals surface area contributed by atoms with Crippen LogP contribution < -0.4 is 5.73 Å². The summed E-state index contributed by atoms with van der Waals surface area (Å²) in [6, 6.07) is 7.60. The largest absolute Gasteiger partial charge is 0.376 e. The molecule has 1 aromatic heterocycles. The SMILES string of the molecule is NC(=O)C1CCN([C@@H](c2ccccc2Cl)c2nnnn2C[C@H]2CCCO2)CC1. The summed E-state index contributed by atoms with van der Waals surface area (Å²) in [5.74, 6) is 0.448. The molecule has 2 aliphatic rings. The quantitative estimate of drug-likeness (QED) is 0.788. The first kappa shape index (κ1) is 19.3. The van der Waals surface area contributed by atoms with E-state index in [1.54, 1.807) is 0 Å². The van der Waals surface area contributed by atoms with Crippen LogP contribution in [0, 0.1) is 5.92 Å². The van der Waals surface area contributed by atoms with Gasteiger partial charge in [0.2, 0.25) is 5.91 Å². The van der Waals surface area contributed by atoms with Gasteiger partial charge in [-0.25, -0.2) is 4.68 Å². The minimum absolute atomic E-state index is 0.0778. The molecule has 4 rings (SSSR count). The minimum atomic E-state index is -0.225. The van der Waals surface area contributed by atoms with Crippen LogP contribution in [0.15, 0.2) is 24.3 Å². The highest BCUT2D eigenvalue weighted by Crippen LogP contribution is 2.35. The number of carbonyl (C=O) groups is 1. The van der Waals surface area contributed by atoms with E-state index < -0.39 is 0 Å².